The van der Waals surface area contributed by atoms with E-state index >= 15 is 0 Å². The first kappa shape index (κ1) is 19.5. The lowest BCUT2D eigenvalue weighted by Crippen LogP contribution is -2.43. The Hall–Kier alpha value is -2.43. The zero-order valence-corrected chi connectivity index (χ0v) is 17.5. The number of nitrogens with zero attached hydrogens (tertiary/aromatic N) is 2. The van der Waals surface area contributed by atoms with Crippen LogP contribution in [-0.4, -0.2) is 58.7 Å². The Bertz CT molecular complexity index is 1070. The molecule has 0 aliphatic carbocycles. The molecule has 0 saturated carbocycles. The molecule has 156 valence electrons. The highest BCUT2D eigenvalue weighted by atomic mass is 32.2. The Morgan fingerprint density at radius 2 is 1.83 bits per heavy atom. The van der Waals surface area contributed by atoms with E-state index in [-0.39, 0.29) is 29.1 Å². The number of fused-ring (bicyclic) bond motifs is 2. The van der Waals surface area contributed by atoms with Crippen LogP contribution in [0.3, 0.4) is 0 Å². The van der Waals surface area contributed by atoms with Crippen molar-refractivity contribution in [3.63, 3.8) is 0 Å². The van der Waals surface area contributed by atoms with Crippen molar-refractivity contribution in [1.82, 2.24) is 14.8 Å². The van der Waals surface area contributed by atoms with Crippen molar-refractivity contribution in [1.29, 1.82) is 0 Å². The molecular formula is C20H19N3O5S2. The van der Waals surface area contributed by atoms with Crippen LogP contribution >= 0.6 is 23.1 Å². The first-order chi connectivity index (χ1) is 14.5. The highest BCUT2D eigenvalue weighted by Crippen LogP contribution is 2.51. The average molecular weight is 446 g/mol. The molecule has 0 bridgehead atoms. The van der Waals surface area contributed by atoms with Gasteiger partial charge in [0.2, 0.25) is 17.7 Å². The molecule has 1 N–H and O–H groups in total. The zero-order chi connectivity index (χ0) is 20.8. The van der Waals surface area contributed by atoms with Gasteiger partial charge in [0.05, 0.1) is 24.2 Å². The third kappa shape index (κ3) is 3.19. The molecule has 3 aliphatic rings. The fourth-order valence-electron chi connectivity index (χ4n) is 4.24. The highest BCUT2D eigenvalue weighted by Gasteiger charge is 2.52. The molecule has 3 amide bonds. The Labute approximate surface area is 180 Å². The standard InChI is InChI=1S/C20H19N3O5S2/c24-12(22-6-8-28-9-7-22)10-23-19-16(30-20(23)27)13(11-4-2-1-3-5-11)14-15(29-19)18(26)21-17(14)25/h1-5,13-15H,6-10H2,(H,21,25,26)/t13-,14+,15-/m0/s1. The summed E-state index contributed by atoms with van der Waals surface area (Å²) in [6, 6.07) is 9.45. The molecule has 0 radical (unpaired) electrons. The molecular weight excluding hydrogens is 426 g/mol. The van der Waals surface area contributed by atoms with E-state index in [9.17, 15) is 19.2 Å². The van der Waals surface area contributed by atoms with Crippen LogP contribution in [-0.2, 0) is 25.7 Å². The van der Waals surface area contributed by atoms with E-state index in [1.165, 1.54) is 16.3 Å². The number of hydrogen-bond donors (Lipinski definition) is 1. The van der Waals surface area contributed by atoms with Crippen molar-refractivity contribution in [2.45, 2.75) is 22.7 Å². The van der Waals surface area contributed by atoms with Crippen molar-refractivity contribution in [2.24, 2.45) is 5.92 Å². The molecule has 2 fully saturated rings. The van der Waals surface area contributed by atoms with E-state index < -0.39 is 17.1 Å². The number of aromatic nitrogens is 1. The zero-order valence-electron chi connectivity index (χ0n) is 15.9. The molecule has 2 saturated heterocycles. The van der Waals surface area contributed by atoms with E-state index in [1.807, 2.05) is 30.3 Å². The van der Waals surface area contributed by atoms with Crippen molar-refractivity contribution in [2.75, 3.05) is 26.3 Å². The highest BCUT2D eigenvalue weighted by molar-refractivity contribution is 8.00. The number of thioether (sulfide) groups is 1. The largest absolute Gasteiger partial charge is 0.378 e. The van der Waals surface area contributed by atoms with Crippen LogP contribution in [0.4, 0.5) is 0 Å². The molecule has 1 aromatic carbocycles. The van der Waals surface area contributed by atoms with E-state index in [2.05, 4.69) is 5.32 Å². The van der Waals surface area contributed by atoms with Gasteiger partial charge >= 0.3 is 4.87 Å². The summed E-state index contributed by atoms with van der Waals surface area (Å²) in [5.74, 6) is -1.76. The third-order valence-electron chi connectivity index (χ3n) is 5.70. The van der Waals surface area contributed by atoms with Gasteiger partial charge < -0.3 is 9.64 Å². The molecule has 30 heavy (non-hydrogen) atoms. The Morgan fingerprint density at radius 3 is 2.57 bits per heavy atom. The van der Waals surface area contributed by atoms with Gasteiger partial charge in [0.15, 0.2) is 0 Å². The van der Waals surface area contributed by atoms with Gasteiger partial charge in [0, 0.05) is 23.9 Å². The van der Waals surface area contributed by atoms with E-state index in [0.717, 1.165) is 21.8 Å². The van der Waals surface area contributed by atoms with Crippen LogP contribution in [0.1, 0.15) is 16.4 Å². The van der Waals surface area contributed by atoms with Crippen molar-refractivity contribution >= 4 is 40.8 Å². The summed E-state index contributed by atoms with van der Waals surface area (Å²) >= 11 is 2.28. The summed E-state index contributed by atoms with van der Waals surface area (Å²) in [5, 5.41) is 2.44. The molecule has 0 unspecified atom stereocenters. The fourth-order valence-corrected chi connectivity index (χ4v) is 6.98. The van der Waals surface area contributed by atoms with E-state index in [0.29, 0.717) is 31.3 Å². The Balaban J connectivity index is 1.56. The van der Waals surface area contributed by atoms with E-state index in [4.69, 9.17) is 4.74 Å². The van der Waals surface area contributed by atoms with Crippen LogP contribution in [0.2, 0.25) is 0 Å². The number of benzene rings is 1. The molecule has 5 rings (SSSR count). The third-order valence-corrected chi connectivity index (χ3v) is 8.32. The second-order valence-corrected chi connectivity index (χ2v) is 9.55. The predicted octanol–water partition coefficient (Wildman–Crippen LogP) is 0.647. The summed E-state index contributed by atoms with van der Waals surface area (Å²) in [6.45, 7) is 1.90. The van der Waals surface area contributed by atoms with Crippen LogP contribution in [0.5, 0.6) is 0 Å². The van der Waals surface area contributed by atoms with Crippen molar-refractivity contribution in [3.8, 4) is 0 Å². The van der Waals surface area contributed by atoms with Gasteiger partial charge in [-0.2, -0.15) is 0 Å². The first-order valence-electron chi connectivity index (χ1n) is 9.70. The summed E-state index contributed by atoms with van der Waals surface area (Å²) in [5.41, 5.74) is 0.881. The second-order valence-electron chi connectivity index (χ2n) is 7.42. The molecule has 3 aliphatic heterocycles. The lowest BCUT2D eigenvalue weighted by Gasteiger charge is -2.31. The summed E-state index contributed by atoms with van der Waals surface area (Å²) in [6.07, 6.45) is 0. The average Bonchev–Trinajstić information content (AvgIpc) is 3.23. The van der Waals surface area contributed by atoms with Crippen LogP contribution < -0.4 is 10.2 Å². The number of ether oxygens (including phenoxy) is 1. The first-order valence-corrected chi connectivity index (χ1v) is 11.4. The molecule has 4 heterocycles. The lowest BCUT2D eigenvalue weighted by atomic mass is 9.83. The maximum absolute atomic E-state index is 12.9. The van der Waals surface area contributed by atoms with Gasteiger partial charge in [-0.15, -0.1) is 0 Å². The number of carbonyl (C=O) groups is 3. The molecule has 10 heteroatoms. The number of imide groups is 1. The topological polar surface area (TPSA) is 97.7 Å². The Kier molecular flexibility index (Phi) is 5.00. The number of rotatable bonds is 3. The second kappa shape index (κ2) is 7.68. The van der Waals surface area contributed by atoms with Crippen LogP contribution in [0, 0.1) is 5.92 Å². The molecule has 2 aromatic rings. The normalized spacial score (nSPS) is 25.6. The van der Waals surface area contributed by atoms with Gasteiger partial charge in [0.25, 0.3) is 0 Å². The maximum Gasteiger partial charge on any atom is 0.308 e. The number of thiazole rings is 1. The smallest absolute Gasteiger partial charge is 0.308 e. The number of nitrogens with one attached hydrogen (secondary N) is 1. The quantitative estimate of drug-likeness (QED) is 0.697. The van der Waals surface area contributed by atoms with Gasteiger partial charge in [-0.1, -0.05) is 53.4 Å². The SMILES string of the molecule is O=C1NC(=O)[C@H]2Sc3c(sc(=O)n3CC(=O)N3CCOCC3)[C@@H](c3ccccc3)[C@@H]12. The predicted molar refractivity (Wildman–Crippen MR) is 111 cm³/mol. The molecule has 3 atom stereocenters. The Morgan fingerprint density at radius 1 is 1.10 bits per heavy atom. The van der Waals surface area contributed by atoms with Gasteiger partial charge in [-0.25, -0.2) is 0 Å². The van der Waals surface area contributed by atoms with Crippen LogP contribution in [0.25, 0.3) is 0 Å². The van der Waals surface area contributed by atoms with Gasteiger partial charge in [-0.3, -0.25) is 29.1 Å². The minimum atomic E-state index is -0.617. The maximum atomic E-state index is 12.9. The minimum Gasteiger partial charge on any atom is -0.378 e. The minimum absolute atomic E-state index is 0.0773. The van der Waals surface area contributed by atoms with Crippen molar-refractivity contribution in [3.05, 3.63) is 50.4 Å². The lowest BCUT2D eigenvalue weighted by molar-refractivity contribution is -0.136. The number of hydrogen-bond acceptors (Lipinski definition) is 7. The monoisotopic (exact) mass is 445 g/mol. The molecule has 0 spiro atoms. The van der Waals surface area contributed by atoms with Gasteiger partial charge in [-0.05, 0) is 5.56 Å². The summed E-state index contributed by atoms with van der Waals surface area (Å²) in [4.78, 5) is 52.9. The van der Waals surface area contributed by atoms with E-state index in [1.54, 1.807) is 4.90 Å². The number of amides is 3. The fraction of sp³-hybridized carbons (Fsp3) is 0.400. The van der Waals surface area contributed by atoms with Crippen molar-refractivity contribution < 1.29 is 19.1 Å². The van der Waals surface area contributed by atoms with Crippen LogP contribution in [0.15, 0.2) is 40.2 Å². The number of morpholine rings is 1. The summed E-state index contributed by atoms with van der Waals surface area (Å²) in [7, 11) is 0. The number of carbonyl (C=O) groups excluding carboxylic acids is 3. The summed E-state index contributed by atoms with van der Waals surface area (Å²) < 4.78 is 6.75. The molecule has 1 aromatic heterocycles. The molecule has 8 nitrogen and oxygen atoms in total. The van der Waals surface area contributed by atoms with Gasteiger partial charge in [0.1, 0.15) is 11.8 Å².